The summed E-state index contributed by atoms with van der Waals surface area (Å²) in [5.74, 6) is -2.18. The summed E-state index contributed by atoms with van der Waals surface area (Å²) in [6.07, 6.45) is -3.32. The van der Waals surface area contributed by atoms with Crippen LogP contribution in [0.3, 0.4) is 0 Å². The van der Waals surface area contributed by atoms with E-state index < -0.39 is 38.3 Å². The van der Waals surface area contributed by atoms with Gasteiger partial charge in [0.1, 0.15) is 0 Å². The summed E-state index contributed by atoms with van der Waals surface area (Å²) in [4.78, 5) is 15.3. The normalized spacial score (nSPS) is 16.1. The quantitative estimate of drug-likeness (QED) is 0.809. The van der Waals surface area contributed by atoms with Gasteiger partial charge in [-0.1, -0.05) is 6.07 Å². The van der Waals surface area contributed by atoms with Crippen LogP contribution in [0.5, 0.6) is 0 Å². The Balaban J connectivity index is 2.04. The van der Waals surface area contributed by atoms with E-state index >= 15 is 0 Å². The third-order valence-electron chi connectivity index (χ3n) is 3.83. The number of hydrogen-bond donors (Lipinski definition) is 2. The molecular weight excluding hydrogens is 387 g/mol. The number of aromatic nitrogens is 1. The van der Waals surface area contributed by atoms with Crippen molar-refractivity contribution in [3.05, 3.63) is 58.6 Å². The first-order valence-electron chi connectivity index (χ1n) is 7.39. The number of aliphatic hydroxyl groups is 1. The Labute approximate surface area is 151 Å². The lowest BCUT2D eigenvalue weighted by atomic mass is 10.1. The predicted octanol–water partition coefficient (Wildman–Crippen LogP) is 2.75. The molecule has 2 aromatic rings. The third-order valence-corrected chi connectivity index (χ3v) is 5.62. The number of pyridine rings is 1. The minimum Gasteiger partial charge on any atom is -0.506 e. The van der Waals surface area contributed by atoms with Gasteiger partial charge in [0.15, 0.2) is 16.5 Å². The van der Waals surface area contributed by atoms with Crippen molar-refractivity contribution in [2.75, 3.05) is 16.7 Å². The van der Waals surface area contributed by atoms with Gasteiger partial charge in [-0.05, 0) is 30.3 Å². The average Bonchev–Trinajstić information content (AvgIpc) is 2.59. The number of fused-ring (bicyclic) bond motifs is 1. The Hall–Kier alpha value is -3.08. The van der Waals surface area contributed by atoms with Crippen molar-refractivity contribution in [3.63, 3.8) is 0 Å². The molecule has 3 rings (SSSR count). The summed E-state index contributed by atoms with van der Waals surface area (Å²) >= 11 is 0. The van der Waals surface area contributed by atoms with Gasteiger partial charge in [0, 0.05) is 18.9 Å². The number of nitrogens with one attached hydrogen (secondary N) is 1. The molecule has 2 heterocycles. The van der Waals surface area contributed by atoms with E-state index in [0.29, 0.717) is 10.4 Å². The van der Waals surface area contributed by atoms with Gasteiger partial charge in [0.25, 0.3) is 15.9 Å². The van der Waals surface area contributed by atoms with Crippen LogP contribution < -0.4 is 9.62 Å². The van der Waals surface area contributed by atoms with Gasteiger partial charge in [-0.25, -0.2) is 13.4 Å². The number of benzene rings is 1. The fourth-order valence-electron chi connectivity index (χ4n) is 2.51. The van der Waals surface area contributed by atoms with Gasteiger partial charge in [0.05, 0.1) is 11.1 Å². The molecule has 1 amide bonds. The molecule has 11 heteroatoms. The zero-order chi connectivity index (χ0) is 20.0. The lowest BCUT2D eigenvalue weighted by Gasteiger charge is -2.27. The van der Waals surface area contributed by atoms with Crippen molar-refractivity contribution in [2.24, 2.45) is 0 Å². The molecule has 0 unspecified atom stereocenters. The second-order valence-electron chi connectivity index (χ2n) is 5.56. The van der Waals surface area contributed by atoms with Crippen LogP contribution >= 0.6 is 0 Å². The summed E-state index contributed by atoms with van der Waals surface area (Å²) in [6, 6.07) is 6.49. The van der Waals surface area contributed by atoms with E-state index in [1.807, 2.05) is 0 Å². The van der Waals surface area contributed by atoms with Crippen molar-refractivity contribution in [1.29, 1.82) is 0 Å². The highest BCUT2D eigenvalue weighted by Gasteiger charge is 2.40. The Bertz CT molecular complexity index is 1060. The summed E-state index contributed by atoms with van der Waals surface area (Å²) < 4.78 is 64.2. The van der Waals surface area contributed by atoms with Crippen LogP contribution in [0.15, 0.2) is 47.5 Å². The Morgan fingerprint density at radius 3 is 2.59 bits per heavy atom. The SMILES string of the molecule is CN1c2ncccc2C(O)=C(C(=O)Nc2cccc(C(F)(F)F)c2)S1(=O)=O. The van der Waals surface area contributed by atoms with E-state index in [4.69, 9.17) is 0 Å². The van der Waals surface area contributed by atoms with Crippen molar-refractivity contribution >= 4 is 33.2 Å². The van der Waals surface area contributed by atoms with E-state index in [2.05, 4.69) is 10.3 Å². The summed E-state index contributed by atoms with van der Waals surface area (Å²) in [6.45, 7) is 0. The monoisotopic (exact) mass is 399 g/mol. The van der Waals surface area contributed by atoms with Crippen LogP contribution in [0.4, 0.5) is 24.7 Å². The van der Waals surface area contributed by atoms with Crippen LogP contribution in [-0.2, 0) is 21.0 Å². The second-order valence-corrected chi connectivity index (χ2v) is 7.46. The molecule has 0 atom stereocenters. The molecule has 0 spiro atoms. The molecule has 1 aromatic heterocycles. The van der Waals surface area contributed by atoms with Crippen molar-refractivity contribution in [3.8, 4) is 0 Å². The largest absolute Gasteiger partial charge is 0.506 e. The topological polar surface area (TPSA) is 99.6 Å². The summed E-state index contributed by atoms with van der Waals surface area (Å²) in [5, 5.41) is 12.4. The van der Waals surface area contributed by atoms with Crippen molar-refractivity contribution in [2.45, 2.75) is 6.18 Å². The van der Waals surface area contributed by atoms with Gasteiger partial charge in [-0.3, -0.25) is 9.10 Å². The van der Waals surface area contributed by atoms with Crippen LogP contribution in [0.1, 0.15) is 11.1 Å². The summed E-state index contributed by atoms with van der Waals surface area (Å²) in [7, 11) is -3.31. The third kappa shape index (κ3) is 3.21. The number of alkyl halides is 3. The maximum Gasteiger partial charge on any atom is 0.416 e. The van der Waals surface area contributed by atoms with E-state index in [9.17, 15) is 31.5 Å². The highest BCUT2D eigenvalue weighted by Crippen LogP contribution is 2.36. The predicted molar refractivity (Wildman–Crippen MR) is 91.2 cm³/mol. The van der Waals surface area contributed by atoms with Gasteiger partial charge in [-0.15, -0.1) is 0 Å². The molecule has 0 fully saturated rings. The highest BCUT2D eigenvalue weighted by atomic mass is 32.2. The number of carbonyl (C=O) groups is 1. The molecular formula is C16H12F3N3O4S. The van der Waals surface area contributed by atoms with Crippen LogP contribution in [0.25, 0.3) is 5.76 Å². The lowest BCUT2D eigenvalue weighted by molar-refractivity contribution is -0.137. The second kappa shape index (κ2) is 6.27. The molecule has 0 aliphatic carbocycles. The molecule has 2 N–H and O–H groups in total. The number of nitrogens with zero attached hydrogens (tertiary/aromatic N) is 2. The van der Waals surface area contributed by atoms with Crippen LogP contribution in [-0.4, -0.2) is 31.5 Å². The van der Waals surface area contributed by atoms with Crippen molar-refractivity contribution < 1.29 is 31.5 Å². The zero-order valence-electron chi connectivity index (χ0n) is 13.6. The fraction of sp³-hybridized carbons (Fsp3) is 0.125. The fourth-order valence-corrected chi connectivity index (χ4v) is 3.80. The Morgan fingerprint density at radius 2 is 1.93 bits per heavy atom. The standard InChI is InChI=1S/C16H12F3N3O4S/c1-22-14-11(6-3-7-20-14)12(23)13(27(22,25)26)15(24)21-10-5-2-4-9(8-10)16(17,18)19/h2-8,23H,1H3,(H,21,24). The Kier molecular flexibility index (Phi) is 4.34. The molecule has 7 nitrogen and oxygen atoms in total. The van der Waals surface area contributed by atoms with E-state index in [-0.39, 0.29) is 17.1 Å². The maximum absolute atomic E-state index is 12.8. The van der Waals surface area contributed by atoms with E-state index in [0.717, 1.165) is 19.2 Å². The first-order chi connectivity index (χ1) is 12.5. The minimum absolute atomic E-state index is 0.00372. The molecule has 0 radical (unpaired) electrons. The molecule has 27 heavy (non-hydrogen) atoms. The number of amides is 1. The van der Waals surface area contributed by atoms with E-state index in [1.54, 1.807) is 0 Å². The molecule has 1 aromatic carbocycles. The van der Waals surface area contributed by atoms with Crippen LogP contribution in [0, 0.1) is 0 Å². The lowest BCUT2D eigenvalue weighted by Crippen LogP contribution is -2.37. The smallest absolute Gasteiger partial charge is 0.416 e. The minimum atomic E-state index is -4.64. The maximum atomic E-state index is 12.8. The van der Waals surface area contributed by atoms with Gasteiger partial charge < -0.3 is 10.4 Å². The van der Waals surface area contributed by atoms with Gasteiger partial charge in [0.2, 0.25) is 0 Å². The number of rotatable bonds is 2. The number of aliphatic hydroxyl groups excluding tert-OH is 1. The number of halogens is 3. The molecule has 0 saturated heterocycles. The Morgan fingerprint density at radius 1 is 1.22 bits per heavy atom. The average molecular weight is 399 g/mol. The molecule has 1 aliphatic rings. The summed E-state index contributed by atoms with van der Waals surface area (Å²) in [5.41, 5.74) is -1.29. The first-order valence-corrected chi connectivity index (χ1v) is 8.83. The molecule has 142 valence electrons. The van der Waals surface area contributed by atoms with Gasteiger partial charge >= 0.3 is 6.18 Å². The highest BCUT2D eigenvalue weighted by molar-refractivity contribution is 7.97. The molecule has 1 aliphatic heterocycles. The first kappa shape index (κ1) is 18.7. The number of anilines is 2. The van der Waals surface area contributed by atoms with Crippen LogP contribution in [0.2, 0.25) is 0 Å². The number of sulfonamides is 1. The molecule has 0 bridgehead atoms. The zero-order valence-corrected chi connectivity index (χ0v) is 14.5. The van der Waals surface area contributed by atoms with Gasteiger partial charge in [-0.2, -0.15) is 13.2 Å². The number of carbonyl (C=O) groups excluding carboxylic acids is 1. The number of hydrogen-bond acceptors (Lipinski definition) is 5. The molecule has 0 saturated carbocycles. The van der Waals surface area contributed by atoms with E-state index in [1.165, 1.54) is 24.4 Å². The van der Waals surface area contributed by atoms with Crippen molar-refractivity contribution in [1.82, 2.24) is 4.98 Å².